The lowest BCUT2D eigenvalue weighted by atomic mass is 10.1. The van der Waals surface area contributed by atoms with Gasteiger partial charge in [-0.3, -0.25) is 10.1 Å². The second-order valence-corrected chi connectivity index (χ2v) is 12.7. The highest BCUT2D eigenvalue weighted by atomic mass is 32.2. The van der Waals surface area contributed by atoms with Crippen LogP contribution in [0.5, 0.6) is 0 Å². The van der Waals surface area contributed by atoms with Crippen molar-refractivity contribution in [3.05, 3.63) is 42.0 Å². The molecule has 0 spiro atoms. The SMILES string of the molecule is CCNCCN(C)c1ccc2nc(NC(=O)/C(=N/O[C@@H]3CCOC3)c3ccc(S(=O)(=O)C4CC4)cc3)sc2n1. The fraction of sp³-hybridized carbons (Fsp3) is 0.462. The van der Waals surface area contributed by atoms with E-state index in [0.717, 1.165) is 25.5 Å². The zero-order valence-corrected chi connectivity index (χ0v) is 23.6. The van der Waals surface area contributed by atoms with Gasteiger partial charge in [-0.2, -0.15) is 0 Å². The number of oxime groups is 1. The van der Waals surface area contributed by atoms with Gasteiger partial charge in [-0.15, -0.1) is 0 Å². The van der Waals surface area contributed by atoms with Crippen molar-refractivity contribution in [2.24, 2.45) is 5.16 Å². The number of thiazole rings is 1. The molecule has 1 saturated heterocycles. The van der Waals surface area contributed by atoms with Crippen molar-refractivity contribution in [3.63, 3.8) is 0 Å². The van der Waals surface area contributed by atoms with Crippen LogP contribution in [0.3, 0.4) is 0 Å². The Labute approximate surface area is 231 Å². The number of carbonyl (C=O) groups is 1. The number of pyridine rings is 1. The van der Waals surface area contributed by atoms with Crippen molar-refractivity contribution < 1.29 is 22.8 Å². The first-order chi connectivity index (χ1) is 18.8. The molecule has 2 aromatic heterocycles. The van der Waals surface area contributed by atoms with Crippen LogP contribution in [-0.2, 0) is 24.2 Å². The second-order valence-electron chi connectivity index (χ2n) is 9.54. The maximum Gasteiger partial charge on any atom is 0.280 e. The number of sulfone groups is 1. The molecule has 2 aliphatic rings. The number of nitrogens with zero attached hydrogens (tertiary/aromatic N) is 4. The molecule has 1 amide bonds. The van der Waals surface area contributed by atoms with E-state index in [1.165, 1.54) is 23.5 Å². The lowest BCUT2D eigenvalue weighted by Crippen LogP contribution is -2.29. The molecular weight excluding hydrogens is 540 g/mol. The number of carbonyl (C=O) groups excluding carboxylic acids is 1. The summed E-state index contributed by atoms with van der Waals surface area (Å²) < 4.78 is 30.5. The summed E-state index contributed by atoms with van der Waals surface area (Å²) in [6.07, 6.45) is 1.78. The van der Waals surface area contributed by atoms with Crippen LogP contribution in [0.4, 0.5) is 10.9 Å². The van der Waals surface area contributed by atoms with Gasteiger partial charge in [0.1, 0.15) is 16.2 Å². The first-order valence-corrected chi connectivity index (χ1v) is 15.4. The normalized spacial score (nSPS) is 17.9. The van der Waals surface area contributed by atoms with Gasteiger partial charge in [0.15, 0.2) is 26.8 Å². The first kappa shape index (κ1) is 27.4. The Morgan fingerprint density at radius 3 is 2.67 bits per heavy atom. The fourth-order valence-electron chi connectivity index (χ4n) is 4.09. The lowest BCUT2D eigenvalue weighted by Gasteiger charge is -2.17. The number of hydrogen-bond acceptors (Lipinski definition) is 11. The van der Waals surface area contributed by atoms with Crippen molar-refractivity contribution in [2.75, 3.05) is 50.1 Å². The predicted octanol–water partition coefficient (Wildman–Crippen LogP) is 2.82. The summed E-state index contributed by atoms with van der Waals surface area (Å²) in [5.41, 5.74) is 1.13. The number of hydrogen-bond donors (Lipinski definition) is 2. The van der Waals surface area contributed by atoms with Crippen LogP contribution >= 0.6 is 11.3 Å². The fourth-order valence-corrected chi connectivity index (χ4v) is 6.57. The highest BCUT2D eigenvalue weighted by Crippen LogP contribution is 2.33. The van der Waals surface area contributed by atoms with Crippen LogP contribution in [-0.4, -0.2) is 81.3 Å². The van der Waals surface area contributed by atoms with Crippen LogP contribution in [0.15, 0.2) is 46.4 Å². The first-order valence-electron chi connectivity index (χ1n) is 13.0. The molecule has 3 aromatic rings. The van der Waals surface area contributed by atoms with Gasteiger partial charge in [-0.1, -0.05) is 35.5 Å². The maximum absolute atomic E-state index is 13.4. The van der Waals surface area contributed by atoms with Gasteiger partial charge in [0, 0.05) is 32.1 Å². The monoisotopic (exact) mass is 572 g/mol. The third-order valence-corrected chi connectivity index (χ3v) is 9.70. The summed E-state index contributed by atoms with van der Waals surface area (Å²) in [5.74, 6) is 0.298. The molecule has 0 radical (unpaired) electrons. The number of aromatic nitrogens is 2. The Morgan fingerprint density at radius 2 is 1.97 bits per heavy atom. The van der Waals surface area contributed by atoms with Crippen molar-refractivity contribution >= 4 is 54.1 Å². The number of fused-ring (bicyclic) bond motifs is 1. The largest absolute Gasteiger partial charge is 0.389 e. The molecule has 0 unspecified atom stereocenters. The van der Waals surface area contributed by atoms with E-state index >= 15 is 0 Å². The average molecular weight is 573 g/mol. The average Bonchev–Trinajstić information content (AvgIpc) is 3.53. The molecule has 39 heavy (non-hydrogen) atoms. The van der Waals surface area contributed by atoms with E-state index in [4.69, 9.17) is 14.6 Å². The Balaban J connectivity index is 1.35. The molecule has 1 saturated carbocycles. The number of benzene rings is 1. The molecule has 13 heteroatoms. The van der Waals surface area contributed by atoms with Crippen LogP contribution < -0.4 is 15.5 Å². The Hall–Kier alpha value is -3.13. The van der Waals surface area contributed by atoms with Crippen LogP contribution in [0.1, 0.15) is 31.7 Å². The minimum absolute atomic E-state index is 0.0216. The molecular formula is C26H32N6O5S2. The minimum Gasteiger partial charge on any atom is -0.389 e. The summed E-state index contributed by atoms with van der Waals surface area (Å²) in [5, 5.41) is 10.3. The smallest absolute Gasteiger partial charge is 0.280 e. The predicted molar refractivity (Wildman–Crippen MR) is 151 cm³/mol. The molecule has 208 valence electrons. The van der Waals surface area contributed by atoms with E-state index in [-0.39, 0.29) is 22.0 Å². The van der Waals surface area contributed by atoms with Crippen molar-refractivity contribution in [3.8, 4) is 0 Å². The topological polar surface area (TPSA) is 135 Å². The van der Waals surface area contributed by atoms with E-state index in [9.17, 15) is 13.2 Å². The highest BCUT2D eigenvalue weighted by Gasteiger charge is 2.36. The third-order valence-electron chi connectivity index (χ3n) is 6.54. The molecule has 3 heterocycles. The van der Waals surface area contributed by atoms with Gasteiger partial charge < -0.3 is 19.8 Å². The summed E-state index contributed by atoms with van der Waals surface area (Å²) in [6.45, 7) is 5.60. The van der Waals surface area contributed by atoms with Gasteiger partial charge in [0.25, 0.3) is 5.91 Å². The van der Waals surface area contributed by atoms with E-state index < -0.39 is 15.7 Å². The molecule has 2 N–H and O–H groups in total. The summed E-state index contributed by atoms with van der Waals surface area (Å²) in [6, 6.07) is 9.97. The third kappa shape index (κ3) is 6.55. The Bertz CT molecular complexity index is 1450. The molecule has 0 bridgehead atoms. The van der Waals surface area contributed by atoms with E-state index in [2.05, 4.69) is 32.6 Å². The molecule has 1 atom stereocenters. The highest BCUT2D eigenvalue weighted by molar-refractivity contribution is 7.92. The zero-order chi connectivity index (χ0) is 27.4. The van der Waals surface area contributed by atoms with Gasteiger partial charge in [-0.05, 0) is 43.7 Å². The number of likely N-dealkylation sites (N-methyl/N-ethyl adjacent to an activating group) is 2. The zero-order valence-electron chi connectivity index (χ0n) is 21.9. The molecule has 1 aliphatic carbocycles. The van der Waals surface area contributed by atoms with Crippen molar-refractivity contribution in [1.29, 1.82) is 0 Å². The molecule has 5 rings (SSSR count). The standard InChI is InChI=1S/C26H32N6O5S2/c1-3-27-13-14-32(2)22-11-10-21-25(29-22)38-26(28-21)30-24(33)23(31-37-18-12-15-36-16-18)17-4-6-19(7-5-17)39(34,35)20-8-9-20/h4-7,10-11,18,20,27H,3,8-9,12-16H2,1-2H3,(H,28,30,33)/b31-23+/t18-/m1/s1. The maximum atomic E-state index is 13.4. The number of nitrogens with one attached hydrogen (secondary N) is 2. The van der Waals surface area contributed by atoms with Crippen LogP contribution in [0.25, 0.3) is 10.3 Å². The van der Waals surface area contributed by atoms with Crippen LogP contribution in [0, 0.1) is 0 Å². The van der Waals surface area contributed by atoms with E-state index in [0.29, 0.717) is 53.5 Å². The summed E-state index contributed by atoms with van der Waals surface area (Å²) >= 11 is 1.27. The number of anilines is 2. The van der Waals surface area contributed by atoms with Gasteiger partial charge in [-0.25, -0.2) is 18.4 Å². The number of ether oxygens (including phenoxy) is 1. The summed E-state index contributed by atoms with van der Waals surface area (Å²) in [4.78, 5) is 31.2. The van der Waals surface area contributed by atoms with E-state index in [1.54, 1.807) is 12.1 Å². The van der Waals surface area contributed by atoms with Gasteiger partial charge in [0.2, 0.25) is 0 Å². The van der Waals surface area contributed by atoms with Gasteiger partial charge in [0.05, 0.1) is 23.4 Å². The molecule has 2 fully saturated rings. The number of amides is 1. The number of rotatable bonds is 12. The lowest BCUT2D eigenvalue weighted by molar-refractivity contribution is -0.110. The summed E-state index contributed by atoms with van der Waals surface area (Å²) in [7, 11) is -1.36. The van der Waals surface area contributed by atoms with Crippen molar-refractivity contribution in [1.82, 2.24) is 15.3 Å². The minimum atomic E-state index is -3.34. The second kappa shape index (κ2) is 11.9. The Kier molecular flexibility index (Phi) is 8.40. The van der Waals surface area contributed by atoms with Crippen LogP contribution in [0.2, 0.25) is 0 Å². The van der Waals surface area contributed by atoms with Gasteiger partial charge >= 0.3 is 0 Å². The van der Waals surface area contributed by atoms with Crippen molar-refractivity contribution in [2.45, 2.75) is 42.4 Å². The molecule has 11 nitrogen and oxygen atoms in total. The quantitative estimate of drug-likeness (QED) is 0.191. The Morgan fingerprint density at radius 1 is 1.18 bits per heavy atom. The molecule has 1 aromatic carbocycles. The molecule has 1 aliphatic heterocycles. The van der Waals surface area contributed by atoms with E-state index in [1.807, 2.05) is 19.2 Å².